The topological polar surface area (TPSA) is 35.2 Å². The van der Waals surface area contributed by atoms with Crippen molar-refractivity contribution in [3.05, 3.63) is 57.0 Å². The summed E-state index contributed by atoms with van der Waals surface area (Å²) in [6.45, 7) is 1.95. The third-order valence-corrected chi connectivity index (χ3v) is 3.67. The van der Waals surface area contributed by atoms with Crippen molar-refractivity contribution in [1.29, 1.82) is 0 Å². The third kappa shape index (κ3) is 3.34. The summed E-state index contributed by atoms with van der Waals surface area (Å²) in [5.41, 5.74) is 6.93. The van der Waals surface area contributed by atoms with Crippen LogP contribution in [0.3, 0.4) is 0 Å². The fourth-order valence-electron chi connectivity index (χ4n) is 1.61. The Labute approximate surface area is 123 Å². The first-order valence-corrected chi connectivity index (χ1v) is 7.13. The summed E-state index contributed by atoms with van der Waals surface area (Å²) in [4.78, 5) is 0. The molecular formula is C14H13Br2NO. The van der Waals surface area contributed by atoms with Crippen LogP contribution in [0.4, 0.5) is 0 Å². The quantitative estimate of drug-likeness (QED) is 0.822. The Balaban J connectivity index is 2.23. The molecule has 94 valence electrons. The van der Waals surface area contributed by atoms with Gasteiger partial charge < -0.3 is 10.5 Å². The van der Waals surface area contributed by atoms with Crippen molar-refractivity contribution in [3.8, 4) is 11.5 Å². The summed E-state index contributed by atoms with van der Waals surface area (Å²) in [6.07, 6.45) is 0. The summed E-state index contributed by atoms with van der Waals surface area (Å²) in [6, 6.07) is 13.6. The van der Waals surface area contributed by atoms with Crippen LogP contribution in [-0.4, -0.2) is 0 Å². The Kier molecular flexibility index (Phi) is 4.43. The molecule has 0 heterocycles. The molecule has 1 atom stereocenters. The van der Waals surface area contributed by atoms with Crippen LogP contribution < -0.4 is 10.5 Å². The second kappa shape index (κ2) is 5.87. The van der Waals surface area contributed by atoms with Gasteiger partial charge in [-0.1, -0.05) is 44.0 Å². The van der Waals surface area contributed by atoms with Gasteiger partial charge in [-0.2, -0.15) is 0 Å². The van der Waals surface area contributed by atoms with Crippen molar-refractivity contribution >= 4 is 31.9 Å². The fraction of sp³-hybridized carbons (Fsp3) is 0.143. The molecule has 18 heavy (non-hydrogen) atoms. The zero-order valence-electron chi connectivity index (χ0n) is 9.86. The lowest BCUT2D eigenvalue weighted by Gasteiger charge is -2.11. The molecule has 0 saturated carbocycles. The normalized spacial score (nSPS) is 12.2. The van der Waals surface area contributed by atoms with Gasteiger partial charge in [-0.05, 0) is 42.8 Å². The lowest BCUT2D eigenvalue weighted by molar-refractivity contribution is 0.481. The first-order valence-electron chi connectivity index (χ1n) is 5.54. The van der Waals surface area contributed by atoms with E-state index in [0.717, 1.165) is 26.0 Å². The molecule has 4 heteroatoms. The van der Waals surface area contributed by atoms with Gasteiger partial charge in [-0.15, -0.1) is 0 Å². The zero-order valence-corrected chi connectivity index (χ0v) is 13.0. The molecule has 2 N–H and O–H groups in total. The van der Waals surface area contributed by atoms with Crippen LogP contribution in [0.5, 0.6) is 11.5 Å². The van der Waals surface area contributed by atoms with Gasteiger partial charge in [-0.3, -0.25) is 0 Å². The van der Waals surface area contributed by atoms with Crippen molar-refractivity contribution < 1.29 is 4.74 Å². The van der Waals surface area contributed by atoms with Crippen LogP contribution in [0, 0.1) is 0 Å². The molecule has 0 fully saturated rings. The number of nitrogens with two attached hydrogens (primary N) is 1. The number of ether oxygens (including phenoxy) is 1. The van der Waals surface area contributed by atoms with Gasteiger partial charge >= 0.3 is 0 Å². The summed E-state index contributed by atoms with van der Waals surface area (Å²) >= 11 is 6.92. The van der Waals surface area contributed by atoms with E-state index in [1.807, 2.05) is 49.4 Å². The van der Waals surface area contributed by atoms with E-state index in [9.17, 15) is 0 Å². The smallest absolute Gasteiger partial charge is 0.128 e. The first-order chi connectivity index (χ1) is 8.56. The number of hydrogen-bond donors (Lipinski definition) is 1. The standard InChI is InChI=1S/C14H13Br2NO/c1-9(17)13-6-5-12(8-14(13)16)18-11-4-2-3-10(15)7-11/h2-9H,17H2,1H3. The minimum atomic E-state index is -0.000653. The maximum atomic E-state index is 5.86. The summed E-state index contributed by atoms with van der Waals surface area (Å²) < 4.78 is 7.73. The first kappa shape index (κ1) is 13.6. The summed E-state index contributed by atoms with van der Waals surface area (Å²) in [5.74, 6) is 1.58. The van der Waals surface area contributed by atoms with Gasteiger partial charge in [0.25, 0.3) is 0 Å². The fourth-order valence-corrected chi connectivity index (χ4v) is 2.70. The Morgan fingerprint density at radius 3 is 2.39 bits per heavy atom. The molecule has 0 spiro atoms. The van der Waals surface area contributed by atoms with Gasteiger partial charge in [0.05, 0.1) is 0 Å². The van der Waals surface area contributed by atoms with Crippen LogP contribution in [0.15, 0.2) is 51.4 Å². The lowest BCUT2D eigenvalue weighted by atomic mass is 10.1. The number of benzene rings is 2. The van der Waals surface area contributed by atoms with E-state index in [1.165, 1.54) is 0 Å². The molecular weight excluding hydrogens is 358 g/mol. The predicted octanol–water partition coefficient (Wildman–Crippen LogP) is 5.02. The zero-order chi connectivity index (χ0) is 13.1. The van der Waals surface area contributed by atoms with E-state index in [4.69, 9.17) is 10.5 Å². The average molecular weight is 371 g/mol. The lowest BCUT2D eigenvalue weighted by Crippen LogP contribution is -2.05. The molecule has 0 aromatic heterocycles. The highest BCUT2D eigenvalue weighted by molar-refractivity contribution is 9.10. The summed E-state index contributed by atoms with van der Waals surface area (Å²) in [7, 11) is 0. The van der Waals surface area contributed by atoms with Crippen LogP contribution in [0.25, 0.3) is 0 Å². The number of halogens is 2. The minimum absolute atomic E-state index is 0.000653. The van der Waals surface area contributed by atoms with E-state index in [-0.39, 0.29) is 6.04 Å². The van der Waals surface area contributed by atoms with Crippen LogP contribution >= 0.6 is 31.9 Å². The highest BCUT2D eigenvalue weighted by Gasteiger charge is 2.06. The van der Waals surface area contributed by atoms with Gasteiger partial charge in [-0.25, -0.2) is 0 Å². The van der Waals surface area contributed by atoms with Crippen LogP contribution in [-0.2, 0) is 0 Å². The Bertz CT molecular complexity index is 555. The molecule has 0 amide bonds. The molecule has 2 nitrogen and oxygen atoms in total. The van der Waals surface area contributed by atoms with Crippen molar-refractivity contribution in [3.63, 3.8) is 0 Å². The maximum Gasteiger partial charge on any atom is 0.128 e. The van der Waals surface area contributed by atoms with Crippen LogP contribution in [0.2, 0.25) is 0 Å². The molecule has 2 aromatic carbocycles. The van der Waals surface area contributed by atoms with E-state index in [0.29, 0.717) is 0 Å². The SMILES string of the molecule is CC(N)c1ccc(Oc2cccc(Br)c2)cc1Br. The van der Waals surface area contributed by atoms with E-state index >= 15 is 0 Å². The van der Waals surface area contributed by atoms with Crippen molar-refractivity contribution in [2.24, 2.45) is 5.73 Å². The van der Waals surface area contributed by atoms with Gasteiger partial charge in [0.1, 0.15) is 11.5 Å². The van der Waals surface area contributed by atoms with Crippen molar-refractivity contribution in [2.45, 2.75) is 13.0 Å². The Hall–Kier alpha value is -0.840. The van der Waals surface area contributed by atoms with E-state index in [1.54, 1.807) is 0 Å². The molecule has 0 radical (unpaired) electrons. The second-order valence-electron chi connectivity index (χ2n) is 4.03. The monoisotopic (exact) mass is 369 g/mol. The molecule has 0 saturated heterocycles. The highest BCUT2D eigenvalue weighted by Crippen LogP contribution is 2.30. The van der Waals surface area contributed by atoms with E-state index in [2.05, 4.69) is 31.9 Å². The molecule has 1 unspecified atom stereocenters. The molecule has 0 aliphatic heterocycles. The van der Waals surface area contributed by atoms with E-state index < -0.39 is 0 Å². The minimum Gasteiger partial charge on any atom is -0.457 e. The number of rotatable bonds is 3. The second-order valence-corrected chi connectivity index (χ2v) is 5.80. The van der Waals surface area contributed by atoms with Gasteiger partial charge in [0.2, 0.25) is 0 Å². The number of hydrogen-bond acceptors (Lipinski definition) is 2. The molecule has 0 aliphatic rings. The third-order valence-electron chi connectivity index (χ3n) is 2.49. The molecule has 0 bridgehead atoms. The van der Waals surface area contributed by atoms with Gasteiger partial charge in [0, 0.05) is 15.0 Å². The van der Waals surface area contributed by atoms with Crippen molar-refractivity contribution in [1.82, 2.24) is 0 Å². The largest absolute Gasteiger partial charge is 0.457 e. The molecule has 0 aliphatic carbocycles. The van der Waals surface area contributed by atoms with Crippen molar-refractivity contribution in [2.75, 3.05) is 0 Å². The predicted molar refractivity (Wildman–Crippen MR) is 81.0 cm³/mol. The maximum absolute atomic E-state index is 5.86. The Morgan fingerprint density at radius 2 is 1.78 bits per heavy atom. The molecule has 2 rings (SSSR count). The molecule has 2 aromatic rings. The van der Waals surface area contributed by atoms with Crippen LogP contribution in [0.1, 0.15) is 18.5 Å². The average Bonchev–Trinajstić information content (AvgIpc) is 2.28. The highest BCUT2D eigenvalue weighted by atomic mass is 79.9. The Morgan fingerprint density at radius 1 is 1.06 bits per heavy atom. The van der Waals surface area contributed by atoms with Gasteiger partial charge in [0.15, 0.2) is 0 Å². The summed E-state index contributed by atoms with van der Waals surface area (Å²) in [5, 5.41) is 0.